The van der Waals surface area contributed by atoms with Crippen LogP contribution in [-0.4, -0.2) is 35.0 Å². The van der Waals surface area contributed by atoms with E-state index in [0.717, 1.165) is 48.5 Å². The van der Waals surface area contributed by atoms with Crippen LogP contribution in [0.2, 0.25) is 0 Å². The number of fused-ring (bicyclic) bond motifs is 3. The number of hydrogen-bond acceptors (Lipinski definition) is 5. The molecule has 1 saturated carbocycles. The molecular formula is C17H21F3N6O. The molecule has 0 aromatic carbocycles. The largest absolute Gasteiger partial charge is 0.405 e. The zero-order valence-electron chi connectivity index (χ0n) is 14.6. The number of nitrogens with zero attached hydrogens (tertiary/aromatic N) is 2. The van der Waals surface area contributed by atoms with Gasteiger partial charge in [-0.15, -0.1) is 5.53 Å². The molecule has 3 heterocycles. The summed E-state index contributed by atoms with van der Waals surface area (Å²) in [4.78, 5) is 19.2. The first-order chi connectivity index (χ1) is 12.9. The minimum Gasteiger partial charge on any atom is -0.347 e. The van der Waals surface area contributed by atoms with Crippen LogP contribution in [0, 0.1) is 11.8 Å². The fourth-order valence-electron chi connectivity index (χ4n) is 3.98. The first-order valence-corrected chi connectivity index (χ1v) is 9.01. The maximum atomic E-state index is 12.2. The molecule has 27 heavy (non-hydrogen) atoms. The van der Waals surface area contributed by atoms with Crippen molar-refractivity contribution in [1.29, 1.82) is 0 Å². The number of halogens is 3. The maximum absolute atomic E-state index is 12.2. The summed E-state index contributed by atoms with van der Waals surface area (Å²) in [6.07, 6.45) is 2.75. The monoisotopic (exact) mass is 382 g/mol. The van der Waals surface area contributed by atoms with E-state index >= 15 is 0 Å². The minimum atomic E-state index is -4.37. The highest BCUT2D eigenvalue weighted by Crippen LogP contribution is 2.41. The van der Waals surface area contributed by atoms with Crippen molar-refractivity contribution in [2.45, 2.75) is 38.3 Å². The van der Waals surface area contributed by atoms with E-state index in [1.54, 1.807) is 6.34 Å². The van der Waals surface area contributed by atoms with E-state index in [2.05, 4.69) is 20.9 Å². The van der Waals surface area contributed by atoms with Crippen LogP contribution < -0.4 is 16.3 Å². The quantitative estimate of drug-likeness (QED) is 0.645. The Morgan fingerprint density at radius 3 is 2.81 bits per heavy atom. The Hall–Kier alpha value is -2.49. The van der Waals surface area contributed by atoms with Gasteiger partial charge in [0.1, 0.15) is 18.7 Å². The average molecular weight is 382 g/mol. The molecular weight excluding hydrogens is 361 g/mol. The first kappa shape index (κ1) is 17.9. The number of aliphatic imine (C=N–C) groups is 1. The van der Waals surface area contributed by atoms with Gasteiger partial charge in [-0.3, -0.25) is 4.79 Å². The van der Waals surface area contributed by atoms with Crippen LogP contribution in [0.25, 0.3) is 5.70 Å². The molecule has 0 radical (unpaired) electrons. The van der Waals surface area contributed by atoms with Crippen LogP contribution in [0.1, 0.15) is 37.7 Å². The summed E-state index contributed by atoms with van der Waals surface area (Å²) in [5.74, 6) is 0.729. The summed E-state index contributed by atoms with van der Waals surface area (Å²) >= 11 is 0. The number of H-pyrrole nitrogens is 1. The number of rotatable bonds is 4. The fraction of sp³-hybridized carbons (Fsp3) is 0.529. The number of hydrogen-bond donors (Lipinski definition) is 4. The van der Waals surface area contributed by atoms with Crippen LogP contribution in [0.3, 0.4) is 0 Å². The summed E-state index contributed by atoms with van der Waals surface area (Å²) < 4.78 is 36.6. The molecule has 4 rings (SSSR count). The Morgan fingerprint density at radius 1 is 1.30 bits per heavy atom. The number of carbonyl (C=O) groups excluding carboxylic acids is 1. The zero-order valence-corrected chi connectivity index (χ0v) is 14.6. The molecule has 0 bridgehead atoms. The number of carbonyl (C=O) groups is 1. The highest BCUT2D eigenvalue weighted by atomic mass is 19.4. The van der Waals surface area contributed by atoms with Gasteiger partial charge < -0.3 is 15.7 Å². The topological polar surface area (TPSA) is 84.5 Å². The SMILES string of the molecule is O=C(CC1CCC(C2=C3c4cc[nH]c4N=CN3NN2)CC1)NCC(F)(F)F. The molecule has 1 aromatic rings. The third-order valence-corrected chi connectivity index (χ3v) is 5.30. The van der Waals surface area contributed by atoms with E-state index in [4.69, 9.17) is 0 Å². The molecule has 2 aliphatic heterocycles. The highest BCUT2D eigenvalue weighted by molar-refractivity contribution is 5.87. The number of aromatic nitrogens is 1. The van der Waals surface area contributed by atoms with Crippen molar-refractivity contribution < 1.29 is 18.0 Å². The Balaban J connectivity index is 1.36. The smallest absolute Gasteiger partial charge is 0.347 e. The van der Waals surface area contributed by atoms with Gasteiger partial charge in [0, 0.05) is 24.1 Å². The van der Waals surface area contributed by atoms with Crippen LogP contribution in [0.4, 0.5) is 19.0 Å². The van der Waals surface area contributed by atoms with Crippen molar-refractivity contribution >= 4 is 23.8 Å². The predicted octanol–water partition coefficient (Wildman–Crippen LogP) is 2.56. The molecule has 0 spiro atoms. The number of allylic oxidation sites excluding steroid dienone is 1. The van der Waals surface area contributed by atoms with Crippen LogP contribution >= 0.6 is 0 Å². The summed E-state index contributed by atoms with van der Waals surface area (Å²) in [5.41, 5.74) is 9.50. The lowest BCUT2D eigenvalue weighted by atomic mass is 9.78. The van der Waals surface area contributed by atoms with E-state index in [1.165, 1.54) is 0 Å². The van der Waals surface area contributed by atoms with Gasteiger partial charge in [0.25, 0.3) is 0 Å². The summed E-state index contributed by atoms with van der Waals surface area (Å²) in [5, 5.41) is 3.81. The molecule has 1 aromatic heterocycles. The second kappa shape index (κ2) is 6.91. The third-order valence-electron chi connectivity index (χ3n) is 5.30. The highest BCUT2D eigenvalue weighted by Gasteiger charge is 2.34. The van der Waals surface area contributed by atoms with Gasteiger partial charge in [0.05, 0.1) is 11.4 Å². The molecule has 146 valence electrons. The lowest BCUT2D eigenvalue weighted by molar-refractivity contribution is -0.139. The predicted molar refractivity (Wildman–Crippen MR) is 93.1 cm³/mol. The average Bonchev–Trinajstić information content (AvgIpc) is 3.26. The molecule has 1 amide bonds. The van der Waals surface area contributed by atoms with Gasteiger partial charge in [-0.05, 0) is 37.7 Å². The molecule has 0 saturated heterocycles. The van der Waals surface area contributed by atoms with Gasteiger partial charge >= 0.3 is 6.18 Å². The molecule has 10 heteroatoms. The Morgan fingerprint density at radius 2 is 2.07 bits per heavy atom. The van der Waals surface area contributed by atoms with Crippen LogP contribution in [-0.2, 0) is 4.79 Å². The van der Waals surface area contributed by atoms with Gasteiger partial charge in [-0.2, -0.15) is 13.2 Å². The number of alkyl halides is 3. The molecule has 1 fully saturated rings. The van der Waals surface area contributed by atoms with E-state index in [-0.39, 0.29) is 12.3 Å². The summed E-state index contributed by atoms with van der Waals surface area (Å²) in [7, 11) is 0. The van der Waals surface area contributed by atoms with Crippen molar-refractivity contribution in [1.82, 2.24) is 26.3 Å². The number of amides is 1. The summed E-state index contributed by atoms with van der Waals surface area (Å²) in [6, 6.07) is 1.99. The second-order valence-electron chi connectivity index (χ2n) is 7.17. The second-order valence-corrected chi connectivity index (χ2v) is 7.17. The van der Waals surface area contributed by atoms with E-state index in [9.17, 15) is 18.0 Å². The Bertz CT molecular complexity index is 776. The van der Waals surface area contributed by atoms with Gasteiger partial charge in [0.2, 0.25) is 5.91 Å². The normalized spacial score (nSPS) is 24.5. The fourth-order valence-corrected chi connectivity index (χ4v) is 3.98. The number of nitrogens with one attached hydrogen (secondary N) is 4. The van der Waals surface area contributed by atoms with Crippen molar-refractivity contribution in [2.24, 2.45) is 16.8 Å². The van der Waals surface area contributed by atoms with Gasteiger partial charge in [-0.1, -0.05) is 0 Å². The maximum Gasteiger partial charge on any atom is 0.405 e. The molecule has 7 nitrogen and oxygen atoms in total. The molecule has 0 atom stereocenters. The van der Waals surface area contributed by atoms with Gasteiger partial charge in [0.15, 0.2) is 0 Å². The third kappa shape index (κ3) is 3.80. The van der Waals surface area contributed by atoms with Crippen molar-refractivity contribution in [2.75, 3.05) is 6.54 Å². The molecule has 4 N–H and O–H groups in total. The molecule has 0 unspecified atom stereocenters. The van der Waals surface area contributed by atoms with Crippen LogP contribution in [0.15, 0.2) is 23.0 Å². The zero-order chi connectivity index (χ0) is 19.0. The van der Waals surface area contributed by atoms with Crippen molar-refractivity contribution in [3.05, 3.63) is 23.5 Å². The lowest BCUT2D eigenvalue weighted by Crippen LogP contribution is -2.38. The Labute approximate surface area is 154 Å². The minimum absolute atomic E-state index is 0.126. The van der Waals surface area contributed by atoms with E-state index in [1.807, 2.05) is 22.6 Å². The van der Waals surface area contributed by atoms with Crippen molar-refractivity contribution in [3.63, 3.8) is 0 Å². The molecule has 3 aliphatic rings. The van der Waals surface area contributed by atoms with Crippen molar-refractivity contribution in [3.8, 4) is 0 Å². The number of aromatic amines is 1. The summed E-state index contributed by atoms with van der Waals surface area (Å²) in [6.45, 7) is -1.26. The molecule has 1 aliphatic carbocycles. The van der Waals surface area contributed by atoms with Crippen LogP contribution in [0.5, 0.6) is 0 Å². The van der Waals surface area contributed by atoms with E-state index in [0.29, 0.717) is 5.92 Å². The van der Waals surface area contributed by atoms with E-state index < -0.39 is 18.6 Å². The Kier molecular flexibility index (Phi) is 4.58. The number of hydrazine groups is 2. The standard InChI is InChI=1S/C17H21F3N6O/c18-17(19,20)8-22-13(27)7-10-1-3-11(4-2-10)14-15-12-5-6-21-16(12)23-9-26(15)25-24-14/h5-6,9-11,21,24-25H,1-4,7-8H2,(H,22,27). The first-order valence-electron chi connectivity index (χ1n) is 9.01. The van der Waals surface area contributed by atoms with Gasteiger partial charge in [-0.25, -0.2) is 10.0 Å². The lowest BCUT2D eigenvalue weighted by Gasteiger charge is -2.29.